The number of sulfone groups is 1. The lowest BCUT2D eigenvalue weighted by atomic mass is 9.83. The Morgan fingerprint density at radius 3 is 2.44 bits per heavy atom. The van der Waals surface area contributed by atoms with Gasteiger partial charge in [-0.05, 0) is 30.9 Å². The number of nitrogens with one attached hydrogen (secondary N) is 1. The fourth-order valence-corrected chi connectivity index (χ4v) is 5.80. The van der Waals surface area contributed by atoms with E-state index < -0.39 is 9.84 Å². The Balaban J connectivity index is 1.56. The normalized spacial score (nSPS) is 23.2. The number of rotatable bonds is 5. The molecule has 174 valence electrons. The van der Waals surface area contributed by atoms with Gasteiger partial charge in [0.05, 0.1) is 18.1 Å². The zero-order valence-corrected chi connectivity index (χ0v) is 19.6. The fraction of sp³-hybridized carbons (Fsp3) is 0.565. The number of amides is 2. The number of aromatic nitrogens is 2. The summed E-state index contributed by atoms with van der Waals surface area (Å²) in [6, 6.07) is 10.5. The van der Waals surface area contributed by atoms with Gasteiger partial charge in [-0.1, -0.05) is 31.2 Å². The summed E-state index contributed by atoms with van der Waals surface area (Å²) in [6.45, 7) is 6.32. The van der Waals surface area contributed by atoms with Crippen LogP contribution in [-0.4, -0.2) is 78.7 Å². The molecule has 0 bridgehead atoms. The Labute approximate surface area is 189 Å². The summed E-state index contributed by atoms with van der Waals surface area (Å²) in [7, 11) is -3.04. The lowest BCUT2D eigenvalue weighted by molar-refractivity contribution is 0.135. The maximum Gasteiger partial charge on any atom is 0.320 e. The molecule has 2 aromatic rings. The van der Waals surface area contributed by atoms with Gasteiger partial charge in [-0.3, -0.25) is 5.10 Å². The van der Waals surface area contributed by atoms with E-state index in [0.717, 1.165) is 18.5 Å². The molecule has 8 nitrogen and oxygen atoms in total. The number of benzene rings is 1. The average molecular weight is 461 g/mol. The lowest BCUT2D eigenvalue weighted by Crippen LogP contribution is -2.53. The van der Waals surface area contributed by atoms with Crippen LogP contribution >= 0.6 is 0 Å². The topological polar surface area (TPSA) is 95.6 Å². The highest BCUT2D eigenvalue weighted by atomic mass is 32.2. The maximum atomic E-state index is 13.3. The van der Waals surface area contributed by atoms with Crippen LogP contribution in [0.3, 0.4) is 0 Å². The van der Waals surface area contributed by atoms with Crippen LogP contribution in [-0.2, 0) is 16.3 Å². The molecule has 3 heterocycles. The highest BCUT2D eigenvalue weighted by Gasteiger charge is 2.36. The van der Waals surface area contributed by atoms with Crippen molar-refractivity contribution in [3.63, 3.8) is 0 Å². The van der Waals surface area contributed by atoms with Crippen molar-refractivity contribution in [1.29, 1.82) is 0 Å². The summed E-state index contributed by atoms with van der Waals surface area (Å²) >= 11 is 0. The van der Waals surface area contributed by atoms with Crippen molar-refractivity contribution in [1.82, 2.24) is 20.0 Å². The summed E-state index contributed by atoms with van der Waals surface area (Å²) in [5.41, 5.74) is 3.47. The van der Waals surface area contributed by atoms with Crippen LogP contribution in [0.25, 0.3) is 0 Å². The van der Waals surface area contributed by atoms with E-state index in [9.17, 15) is 13.2 Å². The van der Waals surface area contributed by atoms with E-state index in [1.54, 1.807) is 4.90 Å². The van der Waals surface area contributed by atoms with Crippen LogP contribution in [0.2, 0.25) is 0 Å². The summed E-state index contributed by atoms with van der Waals surface area (Å²) in [5.74, 6) is 0.928. The number of nitrogens with zero attached hydrogens (tertiary/aromatic N) is 3. The quantitative estimate of drug-likeness (QED) is 0.740. The van der Waals surface area contributed by atoms with Gasteiger partial charge in [0, 0.05) is 49.8 Å². The molecule has 0 spiro atoms. The van der Waals surface area contributed by atoms with Gasteiger partial charge in [0.15, 0.2) is 9.84 Å². The summed E-state index contributed by atoms with van der Waals surface area (Å²) < 4.78 is 29.1. The van der Waals surface area contributed by atoms with Crippen molar-refractivity contribution in [2.75, 3.05) is 44.3 Å². The zero-order valence-electron chi connectivity index (χ0n) is 18.8. The smallest absolute Gasteiger partial charge is 0.320 e. The Kier molecular flexibility index (Phi) is 6.74. The van der Waals surface area contributed by atoms with Gasteiger partial charge in [-0.15, -0.1) is 5.10 Å². The second kappa shape index (κ2) is 9.52. The molecule has 2 atom stereocenters. The third-order valence-corrected chi connectivity index (χ3v) is 8.11. The summed E-state index contributed by atoms with van der Waals surface area (Å²) in [4.78, 5) is 16.9. The second-order valence-electron chi connectivity index (χ2n) is 8.65. The van der Waals surface area contributed by atoms with Crippen LogP contribution in [0.15, 0.2) is 30.3 Å². The first-order valence-electron chi connectivity index (χ1n) is 11.4. The molecule has 0 aliphatic carbocycles. The van der Waals surface area contributed by atoms with Crippen LogP contribution in [0.4, 0.5) is 4.79 Å². The minimum absolute atomic E-state index is 0.0379. The molecule has 0 saturated carbocycles. The van der Waals surface area contributed by atoms with E-state index in [1.807, 2.05) is 17.9 Å². The van der Waals surface area contributed by atoms with Crippen molar-refractivity contribution >= 4 is 15.9 Å². The Hall–Kier alpha value is -2.55. The first-order valence-corrected chi connectivity index (χ1v) is 13.2. The molecule has 1 aromatic heterocycles. The van der Waals surface area contributed by atoms with E-state index >= 15 is 0 Å². The van der Waals surface area contributed by atoms with Crippen LogP contribution < -0.4 is 4.74 Å². The molecule has 2 fully saturated rings. The van der Waals surface area contributed by atoms with E-state index in [0.29, 0.717) is 25.6 Å². The van der Waals surface area contributed by atoms with Gasteiger partial charge < -0.3 is 14.5 Å². The van der Waals surface area contributed by atoms with E-state index in [1.165, 1.54) is 11.1 Å². The number of urea groups is 1. The van der Waals surface area contributed by atoms with Crippen molar-refractivity contribution < 1.29 is 17.9 Å². The first kappa shape index (κ1) is 22.6. The van der Waals surface area contributed by atoms with Gasteiger partial charge in [-0.2, -0.15) is 0 Å². The van der Waals surface area contributed by atoms with Gasteiger partial charge in [0.1, 0.15) is 0 Å². The Morgan fingerprint density at radius 2 is 1.78 bits per heavy atom. The van der Waals surface area contributed by atoms with Gasteiger partial charge in [-0.25, -0.2) is 13.2 Å². The van der Waals surface area contributed by atoms with Crippen molar-refractivity contribution in [3.05, 3.63) is 47.2 Å². The molecule has 32 heavy (non-hydrogen) atoms. The highest BCUT2D eigenvalue weighted by molar-refractivity contribution is 7.91. The van der Waals surface area contributed by atoms with Crippen LogP contribution in [0.1, 0.15) is 48.9 Å². The average Bonchev–Trinajstić information content (AvgIpc) is 3.27. The number of H-pyrrole nitrogens is 1. The number of ether oxygens (including phenoxy) is 1. The van der Waals surface area contributed by atoms with Crippen LogP contribution in [0, 0.1) is 0 Å². The molecule has 9 heteroatoms. The number of aryl methyl sites for hydroxylation is 1. The van der Waals surface area contributed by atoms with Crippen molar-refractivity contribution in [2.45, 2.75) is 38.5 Å². The van der Waals surface area contributed by atoms with Gasteiger partial charge in [0.25, 0.3) is 0 Å². The molecule has 2 aliphatic heterocycles. The number of hydrogen-bond donors (Lipinski definition) is 1. The standard InChI is InChI=1S/C23H32N4O4S/c1-3-17-5-7-18(8-6-17)19-13-20(21-14-22(25-24-21)31-4-2)16-27(15-19)23(28)26-9-11-32(29,30)12-10-26/h5-8,14,19-20H,3-4,9-13,15-16H2,1-2H3,(H,24,25). The summed E-state index contributed by atoms with van der Waals surface area (Å²) in [5, 5.41) is 7.34. The maximum absolute atomic E-state index is 13.3. The molecule has 0 radical (unpaired) electrons. The minimum atomic E-state index is -3.04. The van der Waals surface area contributed by atoms with E-state index in [2.05, 4.69) is 41.4 Å². The fourth-order valence-electron chi connectivity index (χ4n) is 4.60. The number of aromatic amines is 1. The third-order valence-electron chi connectivity index (χ3n) is 6.50. The van der Waals surface area contributed by atoms with Gasteiger partial charge >= 0.3 is 6.03 Å². The van der Waals surface area contributed by atoms with Crippen LogP contribution in [0.5, 0.6) is 5.88 Å². The largest absolute Gasteiger partial charge is 0.477 e. The van der Waals surface area contributed by atoms with Gasteiger partial charge in [0.2, 0.25) is 5.88 Å². The molecule has 4 rings (SSSR count). The number of carbonyl (C=O) groups excluding carboxylic acids is 1. The number of carbonyl (C=O) groups is 1. The molecular weight excluding hydrogens is 428 g/mol. The van der Waals surface area contributed by atoms with E-state index in [4.69, 9.17) is 4.74 Å². The molecular formula is C23H32N4O4S. The SMILES string of the molecule is CCOc1cc(C2CC(c3ccc(CC)cc3)CN(C(=O)N3CCS(=O)(=O)CC3)C2)[nH]n1. The highest BCUT2D eigenvalue weighted by Crippen LogP contribution is 2.36. The Morgan fingerprint density at radius 1 is 1.09 bits per heavy atom. The molecule has 1 N–H and O–H groups in total. The predicted octanol–water partition coefficient (Wildman–Crippen LogP) is 2.79. The molecule has 2 amide bonds. The minimum Gasteiger partial charge on any atom is -0.477 e. The monoisotopic (exact) mass is 460 g/mol. The molecule has 2 aliphatic rings. The number of likely N-dealkylation sites (tertiary alicyclic amines) is 1. The van der Waals surface area contributed by atoms with Crippen molar-refractivity contribution in [3.8, 4) is 5.88 Å². The Bertz CT molecular complexity index is 1020. The van der Waals surface area contributed by atoms with Crippen molar-refractivity contribution in [2.24, 2.45) is 0 Å². The zero-order chi connectivity index (χ0) is 22.7. The molecule has 2 saturated heterocycles. The number of piperidine rings is 1. The predicted molar refractivity (Wildman–Crippen MR) is 123 cm³/mol. The first-order chi connectivity index (χ1) is 15.4. The number of hydrogen-bond acceptors (Lipinski definition) is 5. The molecule has 1 aromatic carbocycles. The lowest BCUT2D eigenvalue weighted by Gasteiger charge is -2.40. The third kappa shape index (κ3) is 5.09. The van der Waals surface area contributed by atoms with E-state index in [-0.39, 0.29) is 42.5 Å². The molecule has 2 unspecified atom stereocenters. The summed E-state index contributed by atoms with van der Waals surface area (Å²) in [6.07, 6.45) is 1.89. The second-order valence-corrected chi connectivity index (χ2v) is 10.9.